The van der Waals surface area contributed by atoms with Crippen LogP contribution in [0, 0.1) is 0 Å². The first-order valence-corrected chi connectivity index (χ1v) is 14.0. The lowest BCUT2D eigenvalue weighted by Crippen LogP contribution is -2.32. The molecule has 2 heterocycles. The van der Waals surface area contributed by atoms with E-state index in [-0.39, 0.29) is 6.61 Å². The summed E-state index contributed by atoms with van der Waals surface area (Å²) >= 11 is 3.68. The van der Waals surface area contributed by atoms with Gasteiger partial charge in [0.25, 0.3) is 0 Å². The lowest BCUT2D eigenvalue weighted by molar-refractivity contribution is 0.146. The number of fused-ring (bicyclic) bond motifs is 2. The Hall–Kier alpha value is -4.70. The zero-order chi connectivity index (χ0) is 28.2. The maximum Gasteiger partial charge on any atom is 0.415 e. The van der Waals surface area contributed by atoms with Gasteiger partial charge in [0.2, 0.25) is 0 Å². The van der Waals surface area contributed by atoms with Crippen molar-refractivity contribution < 1.29 is 18.7 Å². The average molecular weight is 612 g/mol. The summed E-state index contributed by atoms with van der Waals surface area (Å²) in [6.07, 6.45) is 0.165. The summed E-state index contributed by atoms with van der Waals surface area (Å²) in [5.41, 5.74) is 2.67. The van der Waals surface area contributed by atoms with Crippen molar-refractivity contribution in [3.8, 4) is 11.5 Å². The van der Waals surface area contributed by atoms with E-state index in [2.05, 4.69) is 42.6 Å². The zero-order valence-electron chi connectivity index (χ0n) is 22.2. The number of carbonyl (C=O) groups is 1. The second-order valence-electron chi connectivity index (χ2n) is 9.48. The molecule has 6 aromatic rings. The number of hydrogen-bond acceptors (Lipinski definition) is 7. The molecule has 2 aromatic heterocycles. The molecule has 0 atom stereocenters. The number of aromatic nitrogens is 4. The second-order valence-corrected chi connectivity index (χ2v) is 10.3. The zero-order valence-corrected chi connectivity index (χ0v) is 23.8. The first-order chi connectivity index (χ1) is 20.1. The second kappa shape index (κ2) is 11.8. The van der Waals surface area contributed by atoms with Crippen LogP contribution < -0.4 is 9.47 Å². The summed E-state index contributed by atoms with van der Waals surface area (Å²) in [5.74, 6) is 2.33. The van der Waals surface area contributed by atoms with Crippen molar-refractivity contribution in [1.82, 2.24) is 25.5 Å². The fraction of sp³-hybridized carbons (Fsp3) is 0.161. The van der Waals surface area contributed by atoms with Gasteiger partial charge in [-0.25, -0.2) is 9.89 Å². The average Bonchev–Trinajstić information content (AvgIpc) is 3.65. The van der Waals surface area contributed by atoms with E-state index >= 15 is 0 Å². The van der Waals surface area contributed by atoms with Crippen LogP contribution in [-0.2, 0) is 26.1 Å². The molecule has 41 heavy (non-hydrogen) atoms. The number of halogens is 1. The Balaban J connectivity index is 1.26. The van der Waals surface area contributed by atoms with Gasteiger partial charge >= 0.3 is 6.09 Å². The van der Waals surface area contributed by atoms with Gasteiger partial charge in [0.15, 0.2) is 11.6 Å². The van der Waals surface area contributed by atoms with E-state index in [0.29, 0.717) is 48.2 Å². The van der Waals surface area contributed by atoms with Gasteiger partial charge in [-0.15, -0.1) is 5.10 Å². The van der Waals surface area contributed by atoms with Crippen molar-refractivity contribution in [3.05, 3.63) is 112 Å². The number of aryl methyl sites for hydroxylation is 1. The molecule has 0 radical (unpaired) electrons. The highest BCUT2D eigenvalue weighted by Gasteiger charge is 2.23. The van der Waals surface area contributed by atoms with Crippen molar-refractivity contribution in [3.63, 3.8) is 0 Å². The predicted octanol–water partition coefficient (Wildman–Crippen LogP) is 7.20. The van der Waals surface area contributed by atoms with Crippen LogP contribution >= 0.6 is 15.9 Å². The molecule has 0 aliphatic carbocycles. The number of carbonyl (C=O) groups excluding carboxylic acids is 1. The van der Waals surface area contributed by atoms with E-state index in [4.69, 9.17) is 13.9 Å². The summed E-state index contributed by atoms with van der Waals surface area (Å²) in [4.78, 5) is 15.4. The monoisotopic (exact) mass is 611 g/mol. The van der Waals surface area contributed by atoms with Crippen molar-refractivity contribution in [2.45, 2.75) is 33.0 Å². The number of rotatable bonds is 9. The molecule has 0 spiro atoms. The lowest BCUT2D eigenvalue weighted by atomic mass is 10.1. The number of H-pyrrole nitrogens is 1. The van der Waals surface area contributed by atoms with Gasteiger partial charge in [0.05, 0.1) is 9.86 Å². The SMILES string of the molecule is CCc1oc2ccccc2c1OC(=O)N(Cc1ccccc1)Cc1ccc2c(Br)c(OCc3nnn[nH]3)ccc2c1. The van der Waals surface area contributed by atoms with E-state index in [1.54, 1.807) is 4.90 Å². The molecular weight excluding hydrogens is 586 g/mol. The number of para-hydroxylation sites is 1. The van der Waals surface area contributed by atoms with E-state index in [1.807, 2.05) is 85.8 Å². The summed E-state index contributed by atoms with van der Waals surface area (Å²) in [7, 11) is 0. The molecular formula is C31H26BrN5O4. The number of nitrogens with zero attached hydrogens (tertiary/aromatic N) is 4. The Morgan fingerprint density at radius 3 is 2.56 bits per heavy atom. The number of aromatic amines is 1. The molecule has 0 unspecified atom stereocenters. The van der Waals surface area contributed by atoms with Crippen LogP contribution in [0.1, 0.15) is 29.6 Å². The third-order valence-electron chi connectivity index (χ3n) is 6.71. The Bertz CT molecular complexity index is 1800. The molecule has 0 aliphatic rings. The molecule has 0 saturated heterocycles. The number of amides is 1. The fourth-order valence-corrected chi connectivity index (χ4v) is 5.30. The van der Waals surface area contributed by atoms with Gasteiger partial charge in [0, 0.05) is 19.5 Å². The predicted molar refractivity (Wildman–Crippen MR) is 157 cm³/mol. The van der Waals surface area contributed by atoms with Gasteiger partial charge in [0.1, 0.15) is 23.7 Å². The van der Waals surface area contributed by atoms with E-state index in [0.717, 1.165) is 31.8 Å². The number of tetrazole rings is 1. The van der Waals surface area contributed by atoms with E-state index < -0.39 is 6.09 Å². The smallest absolute Gasteiger partial charge is 0.415 e. The first kappa shape index (κ1) is 26.5. The van der Waals surface area contributed by atoms with Crippen molar-refractivity contribution in [2.75, 3.05) is 0 Å². The van der Waals surface area contributed by atoms with Gasteiger partial charge in [-0.3, -0.25) is 4.90 Å². The molecule has 9 nitrogen and oxygen atoms in total. The van der Waals surface area contributed by atoms with Crippen molar-refractivity contribution >= 4 is 43.8 Å². The van der Waals surface area contributed by atoms with E-state index in [1.165, 1.54) is 0 Å². The molecule has 0 aliphatic heterocycles. The van der Waals surface area contributed by atoms with Crippen LogP contribution in [-0.4, -0.2) is 31.6 Å². The molecule has 10 heteroatoms. The lowest BCUT2D eigenvalue weighted by Gasteiger charge is -2.23. The third-order valence-corrected chi connectivity index (χ3v) is 7.53. The van der Waals surface area contributed by atoms with Crippen molar-refractivity contribution in [2.24, 2.45) is 0 Å². The summed E-state index contributed by atoms with van der Waals surface area (Å²) in [6, 6.07) is 27.5. The maximum atomic E-state index is 13.7. The Kier molecular flexibility index (Phi) is 7.64. The number of ether oxygens (including phenoxy) is 2. The molecule has 0 bridgehead atoms. The summed E-state index contributed by atoms with van der Waals surface area (Å²) in [5, 5.41) is 16.4. The molecule has 4 aromatic carbocycles. The van der Waals surface area contributed by atoms with Crippen LogP contribution in [0.5, 0.6) is 11.5 Å². The highest BCUT2D eigenvalue weighted by Crippen LogP contribution is 2.35. The van der Waals surface area contributed by atoms with Crippen LogP contribution in [0.15, 0.2) is 93.8 Å². The number of furan rings is 1. The van der Waals surface area contributed by atoms with Gasteiger partial charge in [-0.05, 0) is 72.5 Å². The van der Waals surface area contributed by atoms with Gasteiger partial charge < -0.3 is 13.9 Å². The fourth-order valence-electron chi connectivity index (χ4n) is 4.70. The Morgan fingerprint density at radius 1 is 0.951 bits per heavy atom. The highest BCUT2D eigenvalue weighted by atomic mass is 79.9. The minimum atomic E-state index is -0.443. The Labute approximate surface area is 244 Å². The van der Waals surface area contributed by atoms with Crippen LogP contribution in [0.2, 0.25) is 0 Å². The third kappa shape index (κ3) is 5.78. The molecule has 1 amide bonds. The quantitative estimate of drug-likeness (QED) is 0.184. The standard InChI is InChI=1S/C31H26BrN5O4/c1-2-25-30(24-10-6-7-11-26(24)40-25)41-31(38)37(17-20-8-4-3-5-9-20)18-21-12-14-23-22(16-21)13-15-27(29(23)32)39-19-28-33-35-36-34-28/h3-16H,2,17-19H2,1H3,(H,33,34,35,36). The largest absolute Gasteiger partial charge is 0.484 e. The summed E-state index contributed by atoms with van der Waals surface area (Å²) in [6.45, 7) is 2.94. The van der Waals surface area contributed by atoms with Crippen LogP contribution in [0.25, 0.3) is 21.7 Å². The van der Waals surface area contributed by atoms with Crippen LogP contribution in [0.4, 0.5) is 4.79 Å². The number of nitrogens with one attached hydrogen (secondary N) is 1. The van der Waals surface area contributed by atoms with Gasteiger partial charge in [-0.2, -0.15) is 0 Å². The van der Waals surface area contributed by atoms with Gasteiger partial charge in [-0.1, -0.05) is 67.6 Å². The van der Waals surface area contributed by atoms with E-state index in [9.17, 15) is 4.79 Å². The highest BCUT2D eigenvalue weighted by molar-refractivity contribution is 9.10. The number of hydrogen-bond donors (Lipinski definition) is 1. The summed E-state index contributed by atoms with van der Waals surface area (Å²) < 4.78 is 18.7. The normalized spacial score (nSPS) is 11.2. The minimum absolute atomic E-state index is 0.220. The number of benzene rings is 4. The topological polar surface area (TPSA) is 106 Å². The molecule has 0 fully saturated rings. The van der Waals surface area contributed by atoms with Crippen molar-refractivity contribution in [1.29, 1.82) is 0 Å². The van der Waals surface area contributed by atoms with Crippen LogP contribution in [0.3, 0.4) is 0 Å². The first-order valence-electron chi connectivity index (χ1n) is 13.2. The minimum Gasteiger partial charge on any atom is -0.484 e. The molecule has 6 rings (SSSR count). The molecule has 206 valence electrons. The molecule has 1 N–H and O–H groups in total. The molecule has 0 saturated carbocycles. The maximum absolute atomic E-state index is 13.7. The Morgan fingerprint density at radius 2 is 1.76 bits per heavy atom.